The van der Waals surface area contributed by atoms with E-state index in [-0.39, 0.29) is 11.9 Å². The maximum Gasteiger partial charge on any atom is 0.425 e. The fourth-order valence-corrected chi connectivity index (χ4v) is 2.50. The molecule has 9 heteroatoms. The fourth-order valence-electron chi connectivity index (χ4n) is 2.50. The minimum atomic E-state index is -4.56. The average Bonchev–Trinajstić information content (AvgIpc) is 2.73. The van der Waals surface area contributed by atoms with Crippen molar-refractivity contribution >= 4 is 23.3 Å². The van der Waals surface area contributed by atoms with Gasteiger partial charge in [-0.1, -0.05) is 42.5 Å². The lowest BCUT2D eigenvalue weighted by molar-refractivity contribution is -0.190. The van der Waals surface area contributed by atoms with Crippen LogP contribution in [0.25, 0.3) is 0 Å². The molecule has 0 amide bonds. The normalized spacial score (nSPS) is 12.1. The van der Waals surface area contributed by atoms with Gasteiger partial charge in [-0.3, -0.25) is 4.90 Å². The Bertz CT molecular complexity index is 928. The SMILES string of the molecule is C=CCNc1nc(OC(C)C(F)(F)F)nc(N(c2ccccc2)c2ccccc2)n1. The van der Waals surface area contributed by atoms with Crippen LogP contribution in [-0.4, -0.2) is 33.8 Å². The van der Waals surface area contributed by atoms with E-state index < -0.39 is 18.3 Å². The van der Waals surface area contributed by atoms with E-state index in [0.29, 0.717) is 6.54 Å². The molecule has 0 aliphatic carbocycles. The molecule has 3 rings (SSSR count). The van der Waals surface area contributed by atoms with Gasteiger partial charge >= 0.3 is 12.2 Å². The topological polar surface area (TPSA) is 63.2 Å². The summed E-state index contributed by atoms with van der Waals surface area (Å²) >= 11 is 0. The summed E-state index contributed by atoms with van der Waals surface area (Å²) in [4.78, 5) is 14.2. The van der Waals surface area contributed by atoms with Crippen LogP contribution in [0, 0.1) is 0 Å². The first-order valence-electron chi connectivity index (χ1n) is 9.13. The van der Waals surface area contributed by atoms with Crippen molar-refractivity contribution in [3.05, 3.63) is 73.3 Å². The lowest BCUT2D eigenvalue weighted by Gasteiger charge is -2.24. The Hall–Kier alpha value is -3.62. The summed E-state index contributed by atoms with van der Waals surface area (Å²) in [5.74, 6) is 0.180. The number of hydrogen-bond acceptors (Lipinski definition) is 6. The quantitative estimate of drug-likeness (QED) is 0.506. The highest BCUT2D eigenvalue weighted by Gasteiger charge is 2.39. The maximum absolute atomic E-state index is 13.0. The number of ether oxygens (including phenoxy) is 1. The number of halogens is 3. The van der Waals surface area contributed by atoms with Gasteiger partial charge in [0.1, 0.15) is 0 Å². The highest BCUT2D eigenvalue weighted by molar-refractivity contribution is 5.72. The van der Waals surface area contributed by atoms with Gasteiger partial charge in [-0.15, -0.1) is 6.58 Å². The molecule has 156 valence electrons. The van der Waals surface area contributed by atoms with Crippen LogP contribution in [-0.2, 0) is 0 Å². The van der Waals surface area contributed by atoms with E-state index in [1.165, 1.54) is 0 Å². The van der Waals surface area contributed by atoms with E-state index in [9.17, 15) is 13.2 Å². The van der Waals surface area contributed by atoms with Crippen LogP contribution in [0.1, 0.15) is 6.92 Å². The first-order valence-corrected chi connectivity index (χ1v) is 9.13. The van der Waals surface area contributed by atoms with Gasteiger partial charge in [0.05, 0.1) is 0 Å². The summed E-state index contributed by atoms with van der Waals surface area (Å²) in [6, 6.07) is 18.0. The van der Waals surface area contributed by atoms with Crippen molar-refractivity contribution < 1.29 is 17.9 Å². The minimum Gasteiger partial charge on any atom is -0.451 e. The van der Waals surface area contributed by atoms with Crippen molar-refractivity contribution in [1.82, 2.24) is 15.0 Å². The predicted octanol–water partition coefficient (Wildman–Crippen LogP) is 5.27. The highest BCUT2D eigenvalue weighted by atomic mass is 19.4. The molecular formula is C21H20F3N5O. The third-order valence-corrected chi connectivity index (χ3v) is 3.98. The van der Waals surface area contributed by atoms with Crippen molar-refractivity contribution in [3.8, 4) is 6.01 Å². The largest absolute Gasteiger partial charge is 0.451 e. The van der Waals surface area contributed by atoms with Crippen LogP contribution in [0.4, 0.5) is 36.4 Å². The van der Waals surface area contributed by atoms with Crippen molar-refractivity contribution in [3.63, 3.8) is 0 Å². The molecule has 0 saturated heterocycles. The number of benzene rings is 2. The summed E-state index contributed by atoms with van der Waals surface area (Å²) in [7, 11) is 0. The highest BCUT2D eigenvalue weighted by Crippen LogP contribution is 2.33. The Morgan fingerprint density at radius 1 is 1.00 bits per heavy atom. The lowest BCUT2D eigenvalue weighted by atomic mass is 10.2. The van der Waals surface area contributed by atoms with Gasteiger partial charge in [0, 0.05) is 17.9 Å². The smallest absolute Gasteiger partial charge is 0.425 e. The van der Waals surface area contributed by atoms with Crippen molar-refractivity contribution in [2.45, 2.75) is 19.2 Å². The van der Waals surface area contributed by atoms with Gasteiger partial charge in [0.25, 0.3) is 0 Å². The monoisotopic (exact) mass is 415 g/mol. The number of nitrogens with one attached hydrogen (secondary N) is 1. The first kappa shape index (κ1) is 21.1. The molecule has 1 aromatic heterocycles. The standard InChI is InChI=1S/C21H20F3N5O/c1-3-14-25-18-26-19(28-20(27-18)30-15(2)21(22,23)24)29(16-10-6-4-7-11-16)17-12-8-5-9-13-17/h3-13,15H,1,14H2,2H3,(H,25,26,27,28). The van der Waals surface area contributed by atoms with Crippen LogP contribution >= 0.6 is 0 Å². The van der Waals surface area contributed by atoms with Crippen LogP contribution in [0.15, 0.2) is 73.3 Å². The molecule has 1 N–H and O–H groups in total. The van der Waals surface area contributed by atoms with Gasteiger partial charge in [-0.2, -0.15) is 28.1 Å². The Balaban J connectivity index is 2.09. The van der Waals surface area contributed by atoms with Gasteiger partial charge in [-0.25, -0.2) is 0 Å². The van der Waals surface area contributed by atoms with Crippen molar-refractivity contribution in [1.29, 1.82) is 0 Å². The van der Waals surface area contributed by atoms with Crippen molar-refractivity contribution in [2.75, 3.05) is 16.8 Å². The van der Waals surface area contributed by atoms with Crippen molar-refractivity contribution in [2.24, 2.45) is 0 Å². The number of para-hydroxylation sites is 2. The molecule has 0 bridgehead atoms. The molecule has 0 fully saturated rings. The Morgan fingerprint density at radius 3 is 2.07 bits per heavy atom. The van der Waals surface area contributed by atoms with E-state index in [1.807, 2.05) is 60.7 Å². The van der Waals surface area contributed by atoms with E-state index in [4.69, 9.17) is 4.74 Å². The molecule has 30 heavy (non-hydrogen) atoms. The second-order valence-corrected chi connectivity index (χ2v) is 6.22. The minimum absolute atomic E-state index is 0.0705. The molecule has 0 aliphatic heterocycles. The molecule has 1 heterocycles. The number of anilines is 4. The molecule has 6 nitrogen and oxygen atoms in total. The maximum atomic E-state index is 13.0. The molecule has 3 aromatic rings. The fraction of sp³-hybridized carbons (Fsp3) is 0.190. The molecule has 0 spiro atoms. The van der Waals surface area contributed by atoms with Crippen LogP contribution in [0.5, 0.6) is 6.01 Å². The zero-order valence-electron chi connectivity index (χ0n) is 16.2. The van der Waals surface area contributed by atoms with E-state index in [0.717, 1.165) is 18.3 Å². The predicted molar refractivity (Wildman–Crippen MR) is 109 cm³/mol. The molecule has 2 aromatic carbocycles. The zero-order chi connectivity index (χ0) is 21.6. The number of rotatable bonds is 8. The average molecular weight is 415 g/mol. The Morgan fingerprint density at radius 2 is 1.57 bits per heavy atom. The summed E-state index contributed by atoms with van der Waals surface area (Å²) in [5.41, 5.74) is 1.44. The van der Waals surface area contributed by atoms with E-state index in [2.05, 4.69) is 26.8 Å². The Labute approximate surface area is 172 Å². The molecule has 1 atom stereocenters. The molecule has 0 aliphatic rings. The second-order valence-electron chi connectivity index (χ2n) is 6.22. The number of hydrogen-bond donors (Lipinski definition) is 1. The van der Waals surface area contributed by atoms with Crippen LogP contribution in [0.2, 0.25) is 0 Å². The first-order chi connectivity index (χ1) is 14.4. The number of alkyl halides is 3. The van der Waals surface area contributed by atoms with Crippen LogP contribution < -0.4 is 15.0 Å². The van der Waals surface area contributed by atoms with Crippen LogP contribution in [0.3, 0.4) is 0 Å². The lowest BCUT2D eigenvalue weighted by Crippen LogP contribution is -2.32. The second kappa shape index (κ2) is 9.25. The molecule has 0 saturated carbocycles. The zero-order valence-corrected chi connectivity index (χ0v) is 16.2. The third kappa shape index (κ3) is 5.25. The number of nitrogens with zero attached hydrogens (tertiary/aromatic N) is 4. The molecule has 1 unspecified atom stereocenters. The van der Waals surface area contributed by atoms with E-state index in [1.54, 1.807) is 11.0 Å². The third-order valence-electron chi connectivity index (χ3n) is 3.98. The Kier molecular flexibility index (Phi) is 6.51. The summed E-state index contributed by atoms with van der Waals surface area (Å²) in [5, 5.41) is 2.88. The summed E-state index contributed by atoms with van der Waals surface area (Å²) in [6.45, 7) is 4.82. The molecular weight excluding hydrogens is 395 g/mol. The van der Waals surface area contributed by atoms with Gasteiger partial charge in [0.15, 0.2) is 6.10 Å². The molecule has 0 radical (unpaired) electrons. The summed E-state index contributed by atoms with van der Waals surface area (Å²) in [6.07, 6.45) is -5.06. The number of aromatic nitrogens is 3. The summed E-state index contributed by atoms with van der Waals surface area (Å²) < 4.78 is 44.0. The van der Waals surface area contributed by atoms with Gasteiger partial charge in [0.2, 0.25) is 11.9 Å². The van der Waals surface area contributed by atoms with Gasteiger partial charge < -0.3 is 10.1 Å². The van der Waals surface area contributed by atoms with Gasteiger partial charge in [-0.05, 0) is 31.2 Å². The van der Waals surface area contributed by atoms with E-state index >= 15 is 0 Å².